The number of halogens is 1. The number of pyridine rings is 1. The third-order valence-corrected chi connectivity index (χ3v) is 5.07. The second-order valence-corrected chi connectivity index (χ2v) is 7.33. The molecule has 0 spiro atoms. The van der Waals surface area contributed by atoms with Gasteiger partial charge in [0.05, 0.1) is 23.7 Å². The van der Waals surface area contributed by atoms with E-state index in [1.54, 1.807) is 36.7 Å². The zero-order chi connectivity index (χ0) is 21.1. The lowest BCUT2D eigenvalue weighted by atomic mass is 9.96. The molecule has 1 atom stereocenters. The molecule has 1 amide bonds. The summed E-state index contributed by atoms with van der Waals surface area (Å²) >= 11 is 6.18. The number of rotatable bonds is 6. The number of aliphatic hydroxyl groups excluding tert-OH is 1. The number of hydrogen-bond acceptors (Lipinski definition) is 6. The van der Waals surface area contributed by atoms with Crippen LogP contribution in [0.2, 0.25) is 5.02 Å². The molecular weight excluding hydrogens is 394 g/mol. The van der Waals surface area contributed by atoms with Crippen molar-refractivity contribution in [3.8, 4) is 5.75 Å². The minimum Gasteiger partial charge on any atom is -0.507 e. The molecule has 0 aliphatic carbocycles. The summed E-state index contributed by atoms with van der Waals surface area (Å²) < 4.78 is 5.13. The van der Waals surface area contributed by atoms with Gasteiger partial charge in [-0.05, 0) is 50.0 Å². The second-order valence-electron chi connectivity index (χ2n) is 6.93. The van der Waals surface area contributed by atoms with Gasteiger partial charge >= 0.3 is 0 Å². The summed E-state index contributed by atoms with van der Waals surface area (Å²) in [5.41, 5.74) is 1.06. The molecule has 3 rings (SSSR count). The van der Waals surface area contributed by atoms with Crippen molar-refractivity contribution >= 4 is 29.1 Å². The number of ether oxygens (including phenoxy) is 1. The van der Waals surface area contributed by atoms with Crippen LogP contribution >= 0.6 is 11.6 Å². The normalized spacial score (nSPS) is 18.5. The number of likely N-dealkylation sites (tertiary alicyclic amines) is 1. The summed E-state index contributed by atoms with van der Waals surface area (Å²) in [5.74, 6) is -1.20. The molecule has 1 aliphatic rings. The highest BCUT2D eigenvalue weighted by atomic mass is 35.5. The van der Waals surface area contributed by atoms with Crippen LogP contribution < -0.4 is 4.74 Å². The van der Waals surface area contributed by atoms with E-state index in [1.165, 1.54) is 18.1 Å². The van der Waals surface area contributed by atoms with E-state index in [9.17, 15) is 14.7 Å². The van der Waals surface area contributed by atoms with Gasteiger partial charge in [0.1, 0.15) is 11.5 Å². The quantitative estimate of drug-likeness (QED) is 0.443. The highest BCUT2D eigenvalue weighted by Gasteiger charge is 2.45. The highest BCUT2D eigenvalue weighted by molar-refractivity contribution is 6.46. The molecule has 1 fully saturated rings. The fourth-order valence-corrected chi connectivity index (χ4v) is 3.54. The van der Waals surface area contributed by atoms with Crippen LogP contribution in [0.1, 0.15) is 17.2 Å². The van der Waals surface area contributed by atoms with Gasteiger partial charge in [-0.3, -0.25) is 14.6 Å². The molecule has 0 unspecified atom stereocenters. The summed E-state index contributed by atoms with van der Waals surface area (Å²) in [5, 5.41) is 11.3. The Morgan fingerprint density at radius 2 is 1.93 bits per heavy atom. The lowest BCUT2D eigenvalue weighted by Gasteiger charge is -2.26. The lowest BCUT2D eigenvalue weighted by Crippen LogP contribution is -2.35. The molecule has 2 aromatic rings. The Morgan fingerprint density at radius 3 is 2.52 bits per heavy atom. The number of likely N-dealkylation sites (N-methyl/N-ethyl adjacent to an activating group) is 1. The molecule has 2 heterocycles. The topological polar surface area (TPSA) is 83.0 Å². The monoisotopic (exact) mass is 415 g/mol. The maximum atomic E-state index is 12.9. The molecule has 0 saturated carbocycles. The molecule has 1 aliphatic heterocycles. The van der Waals surface area contributed by atoms with Crippen LogP contribution in [0.4, 0.5) is 0 Å². The van der Waals surface area contributed by atoms with Gasteiger partial charge in [0.15, 0.2) is 0 Å². The molecule has 0 bridgehead atoms. The average Bonchev–Trinajstić information content (AvgIpc) is 2.97. The van der Waals surface area contributed by atoms with Gasteiger partial charge in [-0.1, -0.05) is 11.6 Å². The maximum Gasteiger partial charge on any atom is 0.295 e. The summed E-state index contributed by atoms with van der Waals surface area (Å²) in [6, 6.07) is 7.45. The first-order chi connectivity index (χ1) is 13.8. The van der Waals surface area contributed by atoms with Gasteiger partial charge in [0.25, 0.3) is 11.7 Å². The first-order valence-electron chi connectivity index (χ1n) is 9.02. The van der Waals surface area contributed by atoms with E-state index >= 15 is 0 Å². The summed E-state index contributed by atoms with van der Waals surface area (Å²) in [6.45, 7) is 0.910. The molecule has 1 N–H and O–H groups in total. The molecule has 7 nitrogen and oxygen atoms in total. The van der Waals surface area contributed by atoms with Crippen molar-refractivity contribution < 1.29 is 19.4 Å². The van der Waals surface area contributed by atoms with Crippen molar-refractivity contribution in [2.45, 2.75) is 6.04 Å². The van der Waals surface area contributed by atoms with Crippen molar-refractivity contribution in [2.75, 3.05) is 34.3 Å². The van der Waals surface area contributed by atoms with Crippen LogP contribution in [0.25, 0.3) is 5.76 Å². The smallest absolute Gasteiger partial charge is 0.295 e. The van der Waals surface area contributed by atoms with Gasteiger partial charge in [0.2, 0.25) is 0 Å². The largest absolute Gasteiger partial charge is 0.507 e. The van der Waals surface area contributed by atoms with Crippen LogP contribution in [0.3, 0.4) is 0 Å². The molecule has 29 heavy (non-hydrogen) atoms. The predicted octanol–water partition coefficient (Wildman–Crippen LogP) is 2.73. The Hall–Kier alpha value is -2.90. The van der Waals surface area contributed by atoms with Crippen molar-refractivity contribution in [3.63, 3.8) is 0 Å². The van der Waals surface area contributed by atoms with Gasteiger partial charge in [-0.25, -0.2) is 0 Å². The number of hydrogen-bond donors (Lipinski definition) is 1. The second kappa shape index (κ2) is 8.63. The Kier molecular flexibility index (Phi) is 6.20. The third-order valence-electron chi connectivity index (χ3n) is 4.78. The van der Waals surface area contributed by atoms with E-state index in [0.717, 1.165) is 0 Å². The zero-order valence-corrected chi connectivity index (χ0v) is 17.2. The van der Waals surface area contributed by atoms with Crippen molar-refractivity contribution in [2.24, 2.45) is 0 Å². The highest BCUT2D eigenvalue weighted by Crippen LogP contribution is 2.39. The fourth-order valence-electron chi connectivity index (χ4n) is 3.28. The van der Waals surface area contributed by atoms with E-state index in [2.05, 4.69) is 4.98 Å². The molecular formula is C21H22ClN3O4. The fraction of sp³-hybridized carbons (Fsp3) is 0.286. The number of ketones is 1. The molecule has 152 valence electrons. The maximum absolute atomic E-state index is 12.9. The summed E-state index contributed by atoms with van der Waals surface area (Å²) in [6.07, 6.45) is 3.18. The van der Waals surface area contributed by atoms with E-state index < -0.39 is 17.7 Å². The van der Waals surface area contributed by atoms with Gasteiger partial charge < -0.3 is 19.6 Å². The summed E-state index contributed by atoms with van der Waals surface area (Å²) in [7, 11) is 5.26. The minimum absolute atomic E-state index is 0.0289. The predicted molar refractivity (Wildman–Crippen MR) is 110 cm³/mol. The Balaban J connectivity index is 2.13. The van der Waals surface area contributed by atoms with Crippen LogP contribution in [0.15, 0.2) is 48.3 Å². The van der Waals surface area contributed by atoms with Gasteiger partial charge in [-0.15, -0.1) is 0 Å². The van der Waals surface area contributed by atoms with Gasteiger partial charge in [0, 0.05) is 31.0 Å². The number of methoxy groups -OCH3 is 1. The SMILES string of the molecule is COc1ccc(C(O)=C2C(=O)C(=O)N(CCN(C)C)[C@H]2c2ccncc2)cc1Cl. The Morgan fingerprint density at radius 1 is 1.24 bits per heavy atom. The van der Waals surface area contributed by atoms with Crippen LogP contribution in [0.5, 0.6) is 5.75 Å². The number of benzene rings is 1. The molecule has 1 aromatic carbocycles. The van der Waals surface area contributed by atoms with E-state index in [0.29, 0.717) is 35.0 Å². The zero-order valence-electron chi connectivity index (χ0n) is 16.4. The Bertz CT molecular complexity index is 960. The van der Waals surface area contributed by atoms with Crippen LogP contribution in [-0.4, -0.2) is 65.9 Å². The first-order valence-corrected chi connectivity index (χ1v) is 9.40. The van der Waals surface area contributed by atoms with Crippen LogP contribution in [0, 0.1) is 0 Å². The molecule has 8 heteroatoms. The average molecular weight is 416 g/mol. The number of carbonyl (C=O) groups excluding carboxylic acids is 2. The molecule has 1 aromatic heterocycles. The van der Waals surface area contributed by atoms with Crippen LogP contribution in [-0.2, 0) is 9.59 Å². The van der Waals surface area contributed by atoms with Crippen molar-refractivity contribution in [1.29, 1.82) is 0 Å². The lowest BCUT2D eigenvalue weighted by molar-refractivity contribution is -0.140. The molecule has 0 radical (unpaired) electrons. The van der Waals surface area contributed by atoms with E-state index in [-0.39, 0.29) is 11.3 Å². The van der Waals surface area contributed by atoms with Crippen molar-refractivity contribution in [3.05, 3.63) is 64.4 Å². The standard InChI is InChI=1S/C21H22ClN3O4/c1-24(2)10-11-25-18(13-6-8-23-9-7-13)17(20(27)21(25)28)19(26)14-4-5-16(29-3)15(22)12-14/h4-9,12,18,26H,10-11H2,1-3H3/t18-/m0/s1. The van der Waals surface area contributed by atoms with Crippen molar-refractivity contribution in [1.82, 2.24) is 14.8 Å². The summed E-state index contributed by atoms with van der Waals surface area (Å²) in [4.78, 5) is 33.0. The number of aliphatic hydroxyl groups is 1. The number of aromatic nitrogens is 1. The third kappa shape index (κ3) is 4.11. The molecule has 1 saturated heterocycles. The number of nitrogens with zero attached hydrogens (tertiary/aromatic N) is 3. The van der Waals surface area contributed by atoms with Gasteiger partial charge in [-0.2, -0.15) is 0 Å². The van der Waals surface area contributed by atoms with E-state index in [4.69, 9.17) is 16.3 Å². The number of Topliss-reactive ketones (excluding diaryl/α,β-unsaturated/α-hetero) is 1. The minimum atomic E-state index is -0.727. The first kappa shape index (κ1) is 20.8. The number of amides is 1. The Labute approximate surface area is 174 Å². The van der Waals surface area contributed by atoms with E-state index in [1.807, 2.05) is 19.0 Å². The number of carbonyl (C=O) groups is 2.